The van der Waals surface area contributed by atoms with E-state index in [9.17, 15) is 4.79 Å². The number of carbonyl (C=O) groups is 1. The minimum absolute atomic E-state index is 0.267. The SMILES string of the molecule is CC(C)N1C[C@H]2CC[C@@H](C1)C2C(=O)NCCc1cccs1. The fourth-order valence-electron chi connectivity index (χ4n) is 3.99. The number of carbonyl (C=O) groups excluding carboxylic acids is 1. The summed E-state index contributed by atoms with van der Waals surface area (Å²) in [6.45, 7) is 7.53. The van der Waals surface area contributed by atoms with E-state index in [-0.39, 0.29) is 5.92 Å². The lowest BCUT2D eigenvalue weighted by Crippen LogP contribution is -2.50. The molecular weight excluding hydrogens is 280 g/mol. The zero-order chi connectivity index (χ0) is 14.8. The average molecular weight is 306 g/mol. The second-order valence-corrected chi connectivity index (χ2v) is 7.82. The van der Waals surface area contributed by atoms with E-state index in [2.05, 4.69) is 41.6 Å². The standard InChI is InChI=1S/C17H26N2OS/c1-12(2)19-10-13-5-6-14(11-19)16(13)17(20)18-8-7-15-4-3-9-21-15/h3-4,9,12-14,16H,5-8,10-11H2,1-2H3,(H,18,20)/t13-,14+,16?. The number of thiophene rings is 1. The van der Waals surface area contributed by atoms with Crippen LogP contribution < -0.4 is 5.32 Å². The van der Waals surface area contributed by atoms with E-state index in [1.165, 1.54) is 17.7 Å². The summed E-state index contributed by atoms with van der Waals surface area (Å²) in [6, 6.07) is 4.82. The molecule has 1 unspecified atom stereocenters. The van der Waals surface area contributed by atoms with Crippen molar-refractivity contribution in [3.63, 3.8) is 0 Å². The highest BCUT2D eigenvalue weighted by Gasteiger charge is 2.45. The van der Waals surface area contributed by atoms with Crippen LogP contribution in [0.2, 0.25) is 0 Å². The van der Waals surface area contributed by atoms with Gasteiger partial charge in [-0.15, -0.1) is 11.3 Å². The number of nitrogens with one attached hydrogen (secondary N) is 1. The van der Waals surface area contributed by atoms with Gasteiger partial charge in [0, 0.05) is 36.5 Å². The second-order valence-electron chi connectivity index (χ2n) is 6.79. The van der Waals surface area contributed by atoms with E-state index in [1.807, 2.05) is 0 Å². The molecule has 2 aliphatic rings. The Hall–Kier alpha value is -0.870. The fourth-order valence-corrected chi connectivity index (χ4v) is 4.70. The van der Waals surface area contributed by atoms with Crippen LogP contribution in [-0.2, 0) is 11.2 Å². The number of hydrogen-bond acceptors (Lipinski definition) is 3. The van der Waals surface area contributed by atoms with Crippen LogP contribution in [0.5, 0.6) is 0 Å². The number of amides is 1. The zero-order valence-corrected chi connectivity index (χ0v) is 13.9. The quantitative estimate of drug-likeness (QED) is 0.907. The van der Waals surface area contributed by atoms with Crippen LogP contribution in [0.15, 0.2) is 17.5 Å². The first kappa shape index (κ1) is 15.0. The van der Waals surface area contributed by atoms with E-state index in [0.717, 1.165) is 26.1 Å². The summed E-state index contributed by atoms with van der Waals surface area (Å²) in [4.78, 5) is 16.4. The van der Waals surface area contributed by atoms with Crippen molar-refractivity contribution in [2.75, 3.05) is 19.6 Å². The molecular formula is C17H26N2OS. The summed E-state index contributed by atoms with van der Waals surface area (Å²) in [5.41, 5.74) is 0. The second kappa shape index (κ2) is 6.49. The summed E-state index contributed by atoms with van der Waals surface area (Å²) in [5, 5.41) is 5.28. The number of nitrogens with zero attached hydrogens (tertiary/aromatic N) is 1. The highest BCUT2D eigenvalue weighted by Crippen LogP contribution is 2.42. The summed E-state index contributed by atoms with van der Waals surface area (Å²) >= 11 is 1.77. The highest BCUT2D eigenvalue weighted by atomic mass is 32.1. The molecule has 2 fully saturated rings. The van der Waals surface area contributed by atoms with E-state index in [1.54, 1.807) is 11.3 Å². The monoisotopic (exact) mass is 306 g/mol. The molecule has 3 rings (SSSR count). The molecule has 0 aromatic carbocycles. The van der Waals surface area contributed by atoms with Crippen LogP contribution in [0, 0.1) is 17.8 Å². The van der Waals surface area contributed by atoms with Crippen LogP contribution in [0.4, 0.5) is 0 Å². The van der Waals surface area contributed by atoms with E-state index in [4.69, 9.17) is 0 Å². The first-order chi connectivity index (χ1) is 10.1. The molecule has 1 aliphatic heterocycles. The Kier molecular flexibility index (Phi) is 4.65. The molecule has 4 heteroatoms. The molecule has 3 atom stereocenters. The van der Waals surface area contributed by atoms with Gasteiger partial charge in [-0.2, -0.15) is 0 Å². The van der Waals surface area contributed by atoms with Gasteiger partial charge in [0.1, 0.15) is 0 Å². The van der Waals surface area contributed by atoms with Gasteiger partial charge in [0.25, 0.3) is 0 Å². The normalized spacial score (nSPS) is 29.0. The third-order valence-electron chi connectivity index (χ3n) is 5.15. The molecule has 1 saturated heterocycles. The summed E-state index contributed by atoms with van der Waals surface area (Å²) < 4.78 is 0. The maximum Gasteiger partial charge on any atom is 0.223 e. The van der Waals surface area contributed by atoms with Crippen molar-refractivity contribution in [3.05, 3.63) is 22.4 Å². The van der Waals surface area contributed by atoms with Crippen LogP contribution in [0.3, 0.4) is 0 Å². The van der Waals surface area contributed by atoms with E-state index in [0.29, 0.717) is 23.8 Å². The van der Waals surface area contributed by atoms with Gasteiger partial charge in [-0.05, 0) is 56.4 Å². The van der Waals surface area contributed by atoms with E-state index < -0.39 is 0 Å². The van der Waals surface area contributed by atoms with Gasteiger partial charge in [-0.1, -0.05) is 6.07 Å². The zero-order valence-electron chi connectivity index (χ0n) is 13.0. The smallest absolute Gasteiger partial charge is 0.223 e. The number of piperidine rings is 1. The maximum absolute atomic E-state index is 12.5. The minimum atomic E-state index is 0.267. The maximum atomic E-state index is 12.5. The largest absolute Gasteiger partial charge is 0.355 e. The Balaban J connectivity index is 1.51. The van der Waals surface area contributed by atoms with Gasteiger partial charge in [0.15, 0.2) is 0 Å². The molecule has 0 radical (unpaired) electrons. The molecule has 1 aliphatic carbocycles. The summed E-state index contributed by atoms with van der Waals surface area (Å²) in [5.74, 6) is 1.73. The van der Waals surface area contributed by atoms with Crippen molar-refractivity contribution >= 4 is 17.2 Å². The Bertz CT molecular complexity index is 457. The third-order valence-corrected chi connectivity index (χ3v) is 6.08. The summed E-state index contributed by atoms with van der Waals surface area (Å²) in [7, 11) is 0. The van der Waals surface area contributed by atoms with Crippen LogP contribution in [0.1, 0.15) is 31.6 Å². The van der Waals surface area contributed by atoms with Crippen molar-refractivity contribution in [2.24, 2.45) is 17.8 Å². The lowest BCUT2D eigenvalue weighted by Gasteiger charge is -2.39. The predicted octanol–water partition coefficient (Wildman–Crippen LogP) is 2.77. The first-order valence-corrected chi connectivity index (χ1v) is 9.07. The first-order valence-electron chi connectivity index (χ1n) is 8.19. The Labute approximate surface area is 131 Å². The third kappa shape index (κ3) is 3.32. The molecule has 1 aromatic rings. The Morgan fingerprint density at radius 3 is 2.67 bits per heavy atom. The molecule has 2 heterocycles. The lowest BCUT2D eigenvalue weighted by molar-refractivity contribution is -0.129. The van der Waals surface area contributed by atoms with Crippen LogP contribution in [-0.4, -0.2) is 36.5 Å². The van der Waals surface area contributed by atoms with Crippen LogP contribution >= 0.6 is 11.3 Å². The van der Waals surface area contributed by atoms with Crippen molar-refractivity contribution in [1.29, 1.82) is 0 Å². The van der Waals surface area contributed by atoms with Gasteiger partial charge in [0.2, 0.25) is 5.91 Å². The minimum Gasteiger partial charge on any atom is -0.355 e. The fraction of sp³-hybridized carbons (Fsp3) is 0.706. The Morgan fingerprint density at radius 1 is 1.38 bits per heavy atom. The summed E-state index contributed by atoms with van der Waals surface area (Å²) in [6.07, 6.45) is 3.43. The van der Waals surface area contributed by atoms with Gasteiger partial charge < -0.3 is 10.2 Å². The van der Waals surface area contributed by atoms with Crippen LogP contribution in [0.25, 0.3) is 0 Å². The highest BCUT2D eigenvalue weighted by molar-refractivity contribution is 7.09. The number of fused-ring (bicyclic) bond motifs is 2. The Morgan fingerprint density at radius 2 is 2.10 bits per heavy atom. The molecule has 116 valence electrons. The van der Waals surface area contributed by atoms with Crippen molar-refractivity contribution in [1.82, 2.24) is 10.2 Å². The van der Waals surface area contributed by atoms with Crippen molar-refractivity contribution < 1.29 is 4.79 Å². The average Bonchev–Trinajstić information content (AvgIpc) is 3.05. The molecule has 3 nitrogen and oxygen atoms in total. The number of likely N-dealkylation sites (tertiary alicyclic amines) is 1. The molecule has 0 spiro atoms. The molecule has 1 saturated carbocycles. The lowest BCUT2D eigenvalue weighted by atomic mass is 9.84. The van der Waals surface area contributed by atoms with Gasteiger partial charge >= 0.3 is 0 Å². The molecule has 1 aromatic heterocycles. The van der Waals surface area contributed by atoms with Crippen molar-refractivity contribution in [2.45, 2.75) is 39.2 Å². The molecule has 1 amide bonds. The van der Waals surface area contributed by atoms with E-state index >= 15 is 0 Å². The molecule has 21 heavy (non-hydrogen) atoms. The number of hydrogen-bond donors (Lipinski definition) is 1. The topological polar surface area (TPSA) is 32.3 Å². The van der Waals surface area contributed by atoms with Crippen molar-refractivity contribution in [3.8, 4) is 0 Å². The molecule has 2 bridgehead atoms. The number of rotatable bonds is 5. The molecule has 1 N–H and O–H groups in total. The van der Waals surface area contributed by atoms with Gasteiger partial charge in [0.05, 0.1) is 0 Å². The predicted molar refractivity (Wildman–Crippen MR) is 87.4 cm³/mol. The van der Waals surface area contributed by atoms with Gasteiger partial charge in [-0.25, -0.2) is 0 Å². The van der Waals surface area contributed by atoms with Gasteiger partial charge in [-0.3, -0.25) is 4.79 Å².